The van der Waals surface area contributed by atoms with Gasteiger partial charge in [0.05, 0.1) is 11.2 Å². The fourth-order valence-corrected chi connectivity index (χ4v) is 7.46. The van der Waals surface area contributed by atoms with Crippen molar-refractivity contribution < 1.29 is 34.0 Å². The van der Waals surface area contributed by atoms with Gasteiger partial charge >= 0.3 is 5.97 Å². The Morgan fingerprint density at radius 3 is 2.38 bits per heavy atom. The molecule has 0 aromatic carbocycles. The Balaban J connectivity index is 1.29. The number of hydrogen-bond acceptors (Lipinski definition) is 16. The minimum Gasteiger partial charge on any atom is -0.477 e. The molecule has 0 saturated carbocycles. The lowest BCUT2D eigenvalue weighted by molar-refractivity contribution is -0.150. The molecule has 1 fully saturated rings. The van der Waals surface area contributed by atoms with Crippen LogP contribution in [0.1, 0.15) is 22.0 Å². The van der Waals surface area contributed by atoms with Crippen LogP contribution >= 0.6 is 45.8 Å². The van der Waals surface area contributed by atoms with Crippen LogP contribution in [-0.4, -0.2) is 91.5 Å². The third kappa shape index (κ3) is 6.57. The second-order valence-corrected chi connectivity index (χ2v) is 12.7. The number of thioether (sulfide) groups is 1. The van der Waals surface area contributed by atoms with Gasteiger partial charge in [-0.1, -0.05) is 16.4 Å². The number of nitrogens with two attached hydrogens (primary N) is 1. The van der Waals surface area contributed by atoms with Crippen LogP contribution in [0.25, 0.3) is 6.08 Å². The number of carboxylic acids is 1. The van der Waals surface area contributed by atoms with E-state index in [2.05, 4.69) is 35.9 Å². The van der Waals surface area contributed by atoms with Crippen LogP contribution < -0.4 is 16.4 Å². The Labute approximate surface area is 270 Å². The molecule has 2 aliphatic rings. The SMILES string of the molecule is CO/N=C(\C(=O)Nc1nc(/C(=N/OC)C(=O)N[C@@H]2C(=O)N3C(C(=O)O)=C(/C=C\c4scnc4C)CS[C@H]23)cs1)c1csc(N)n1. The average molecular weight is 690 g/mol. The number of nitrogen functional groups attached to an aromatic ring is 1. The second kappa shape index (κ2) is 13.5. The van der Waals surface area contributed by atoms with Crippen LogP contribution in [0.4, 0.5) is 10.3 Å². The summed E-state index contributed by atoms with van der Waals surface area (Å²) in [7, 11) is 2.50. The number of carboxylic acid groups (broad SMARTS) is 1. The molecule has 0 unspecified atom stereocenters. The van der Waals surface area contributed by atoms with Gasteiger partial charge in [-0.15, -0.1) is 45.8 Å². The molecule has 3 amide bonds. The lowest BCUT2D eigenvalue weighted by Gasteiger charge is -2.49. The summed E-state index contributed by atoms with van der Waals surface area (Å²) < 4.78 is 0. The number of nitrogens with zero attached hydrogens (tertiary/aromatic N) is 6. The lowest BCUT2D eigenvalue weighted by atomic mass is 10.0. The van der Waals surface area contributed by atoms with E-state index < -0.39 is 35.1 Å². The van der Waals surface area contributed by atoms with Crippen LogP contribution in [0, 0.1) is 6.92 Å². The number of oxime groups is 2. The van der Waals surface area contributed by atoms with Gasteiger partial charge in [0.25, 0.3) is 17.7 Å². The molecule has 0 spiro atoms. The van der Waals surface area contributed by atoms with Crippen molar-refractivity contribution >= 4 is 97.2 Å². The first kappa shape index (κ1) is 31.8. The summed E-state index contributed by atoms with van der Waals surface area (Å²) in [6.45, 7) is 1.85. The topological polar surface area (TPSA) is 224 Å². The average Bonchev–Trinajstić information content (AvgIpc) is 3.76. The molecule has 16 nitrogen and oxygen atoms in total. The van der Waals surface area contributed by atoms with Crippen LogP contribution in [0.3, 0.4) is 0 Å². The van der Waals surface area contributed by atoms with Gasteiger partial charge in [0.15, 0.2) is 21.7 Å². The normalized spacial score (nSPS) is 18.5. The first-order valence-corrected chi connectivity index (χ1v) is 16.3. The van der Waals surface area contributed by atoms with Gasteiger partial charge in [0, 0.05) is 21.4 Å². The Kier molecular flexibility index (Phi) is 9.56. The van der Waals surface area contributed by atoms with Crippen molar-refractivity contribution in [1.82, 2.24) is 25.2 Å². The van der Waals surface area contributed by atoms with Gasteiger partial charge in [0.2, 0.25) is 0 Å². The molecular formula is C25H23N9O7S4. The van der Waals surface area contributed by atoms with Crippen molar-refractivity contribution in [3.63, 3.8) is 0 Å². The van der Waals surface area contributed by atoms with Crippen LogP contribution in [-0.2, 0) is 28.9 Å². The maximum Gasteiger partial charge on any atom is 0.352 e. The molecule has 0 radical (unpaired) electrons. The quantitative estimate of drug-likeness (QED) is 0.128. The molecule has 20 heteroatoms. The zero-order valence-corrected chi connectivity index (χ0v) is 26.8. The fourth-order valence-electron chi connectivity index (χ4n) is 4.21. The van der Waals surface area contributed by atoms with Gasteiger partial charge in [-0.05, 0) is 18.6 Å². The Hall–Kier alpha value is -4.66. The predicted octanol–water partition coefficient (Wildman–Crippen LogP) is 1.74. The summed E-state index contributed by atoms with van der Waals surface area (Å²) >= 11 is 4.84. The van der Waals surface area contributed by atoms with Gasteiger partial charge < -0.3 is 25.8 Å². The van der Waals surface area contributed by atoms with Crippen molar-refractivity contribution in [2.45, 2.75) is 18.3 Å². The van der Waals surface area contributed by atoms with Crippen LogP contribution in [0.5, 0.6) is 0 Å². The molecule has 45 heavy (non-hydrogen) atoms. The van der Waals surface area contributed by atoms with E-state index >= 15 is 0 Å². The van der Waals surface area contributed by atoms with E-state index in [0.29, 0.717) is 11.3 Å². The highest BCUT2D eigenvalue weighted by Gasteiger charge is 2.54. The number of hydrogen-bond donors (Lipinski definition) is 4. The summed E-state index contributed by atoms with van der Waals surface area (Å²) in [6, 6.07) is -1.02. The van der Waals surface area contributed by atoms with Gasteiger partial charge in [-0.2, -0.15) is 0 Å². The highest BCUT2D eigenvalue weighted by atomic mass is 32.2. The van der Waals surface area contributed by atoms with E-state index in [0.717, 1.165) is 33.2 Å². The largest absolute Gasteiger partial charge is 0.477 e. The van der Waals surface area contributed by atoms with E-state index in [1.807, 2.05) is 6.92 Å². The van der Waals surface area contributed by atoms with Crippen molar-refractivity contribution in [2.24, 2.45) is 10.3 Å². The fraction of sp³-hybridized carbons (Fsp3) is 0.240. The third-order valence-corrected chi connectivity index (χ3v) is 9.86. The maximum absolute atomic E-state index is 13.3. The number of aliphatic carboxylic acids is 1. The molecule has 0 bridgehead atoms. The number of fused-ring (bicyclic) bond motifs is 1. The molecule has 5 N–H and O–H groups in total. The minimum atomic E-state index is -1.25. The summed E-state index contributed by atoms with van der Waals surface area (Å²) in [5.74, 6) is -3.02. The smallest absolute Gasteiger partial charge is 0.352 e. The number of aryl methyl sites for hydroxylation is 1. The number of β-lactam (4-membered cyclic amide) rings is 1. The van der Waals surface area contributed by atoms with Crippen LogP contribution in [0.2, 0.25) is 0 Å². The number of carbonyl (C=O) groups excluding carboxylic acids is 3. The second-order valence-electron chi connectivity index (χ2n) is 8.98. The maximum atomic E-state index is 13.3. The van der Waals surface area contributed by atoms with E-state index in [4.69, 9.17) is 15.4 Å². The molecule has 2 aliphatic heterocycles. The Morgan fingerprint density at radius 2 is 1.76 bits per heavy atom. The molecule has 2 atom stereocenters. The number of rotatable bonds is 11. The van der Waals surface area contributed by atoms with E-state index in [1.165, 1.54) is 53.0 Å². The van der Waals surface area contributed by atoms with Crippen molar-refractivity contribution in [3.05, 3.63) is 55.6 Å². The van der Waals surface area contributed by atoms with Crippen molar-refractivity contribution in [2.75, 3.05) is 31.0 Å². The number of aromatic nitrogens is 3. The summed E-state index contributed by atoms with van der Waals surface area (Å²) in [5, 5.41) is 25.3. The number of allylic oxidation sites excluding steroid dienone is 1. The minimum absolute atomic E-state index is 0.0506. The molecule has 3 aromatic heterocycles. The molecule has 5 heterocycles. The number of anilines is 2. The van der Waals surface area contributed by atoms with E-state index in [9.17, 15) is 24.3 Å². The molecule has 3 aromatic rings. The summed E-state index contributed by atoms with van der Waals surface area (Å²) in [4.78, 5) is 75.6. The Morgan fingerprint density at radius 1 is 1.07 bits per heavy atom. The summed E-state index contributed by atoms with van der Waals surface area (Å²) in [5.41, 5.74) is 8.33. The van der Waals surface area contributed by atoms with E-state index in [1.54, 1.807) is 17.7 Å². The van der Waals surface area contributed by atoms with Crippen molar-refractivity contribution in [1.29, 1.82) is 0 Å². The highest BCUT2D eigenvalue weighted by Crippen LogP contribution is 2.41. The molecule has 0 aliphatic carbocycles. The standard InChI is InChI=1S/C25H23N9O7S4/c1-10-14(45-9-27-10)5-4-11-6-42-22-17(21(37)34(22)18(11)23(38)39)30-19(35)16(33-41-3)13-8-44-25(29-13)31-20(36)15(32-40-2)12-7-43-24(26)28-12/h4-5,7-9,17,22H,6H2,1-3H3,(H2,26,28)(H,30,35)(H,38,39)(H,29,31,36)/b5-4-,32-15-,33-16-/t17-,22-/m1/s1. The predicted molar refractivity (Wildman–Crippen MR) is 170 cm³/mol. The first-order chi connectivity index (χ1) is 21.6. The van der Waals surface area contributed by atoms with Gasteiger partial charge in [0.1, 0.15) is 42.7 Å². The Bertz CT molecular complexity index is 1790. The van der Waals surface area contributed by atoms with Gasteiger partial charge in [-0.25, -0.2) is 19.7 Å². The summed E-state index contributed by atoms with van der Waals surface area (Å²) in [6.07, 6.45) is 3.44. The van der Waals surface area contributed by atoms with Gasteiger partial charge in [-0.3, -0.25) is 24.6 Å². The van der Waals surface area contributed by atoms with E-state index in [-0.39, 0.29) is 38.8 Å². The monoisotopic (exact) mass is 689 g/mol. The van der Waals surface area contributed by atoms with Crippen LogP contribution in [0.15, 0.2) is 43.9 Å². The molecule has 234 valence electrons. The zero-order valence-electron chi connectivity index (χ0n) is 23.5. The zero-order chi connectivity index (χ0) is 32.2. The third-order valence-electron chi connectivity index (χ3n) is 6.23. The number of nitrogens with one attached hydrogen (secondary N) is 2. The van der Waals surface area contributed by atoms with Crippen molar-refractivity contribution in [3.8, 4) is 0 Å². The molecule has 5 rings (SSSR count). The molecular weight excluding hydrogens is 667 g/mol. The number of thiazole rings is 3. The molecule has 1 saturated heterocycles. The number of carbonyl (C=O) groups is 4. The first-order valence-electron chi connectivity index (χ1n) is 12.6. The highest BCUT2D eigenvalue weighted by molar-refractivity contribution is 8.00. The lowest BCUT2D eigenvalue weighted by Crippen LogP contribution is -2.71. The number of amides is 3.